The van der Waals surface area contributed by atoms with Crippen LogP contribution < -0.4 is 5.32 Å². The molecule has 0 bridgehead atoms. The molecular weight excluding hydrogens is 272 g/mol. The third-order valence-corrected chi connectivity index (χ3v) is 3.61. The van der Waals surface area contributed by atoms with E-state index in [2.05, 4.69) is 5.32 Å². The molecule has 0 aliphatic rings. The Balaban J connectivity index is 4.10. The number of carbonyl (C=O) groups is 2. The second-order valence-electron chi connectivity index (χ2n) is 5.59. The summed E-state index contributed by atoms with van der Waals surface area (Å²) in [6, 6.07) is -0.0305. The van der Waals surface area contributed by atoms with E-state index < -0.39 is 5.97 Å². The van der Waals surface area contributed by atoms with E-state index >= 15 is 0 Å². The average Bonchev–Trinajstić information content (AvgIpc) is 2.42. The van der Waals surface area contributed by atoms with Crippen LogP contribution >= 0.6 is 0 Å². The van der Waals surface area contributed by atoms with E-state index in [0.717, 1.165) is 12.8 Å². The lowest BCUT2D eigenvalue weighted by Gasteiger charge is -2.27. The number of carbonyl (C=O) groups excluding carboxylic acids is 1. The highest BCUT2D eigenvalue weighted by Gasteiger charge is 2.16. The first kappa shape index (κ1) is 19.7. The van der Waals surface area contributed by atoms with Crippen molar-refractivity contribution < 1.29 is 19.8 Å². The van der Waals surface area contributed by atoms with Gasteiger partial charge in [0.05, 0.1) is 0 Å². The predicted octanol–water partition coefficient (Wildman–Crippen LogP) is 2.07. The van der Waals surface area contributed by atoms with Crippen molar-refractivity contribution in [2.75, 3.05) is 19.7 Å². The highest BCUT2D eigenvalue weighted by Crippen LogP contribution is 2.14. The molecule has 0 fully saturated rings. The number of aliphatic hydroxyl groups is 1. The molecule has 124 valence electrons. The number of aliphatic hydroxyl groups excluding tert-OH is 1. The monoisotopic (exact) mass is 302 g/mol. The third-order valence-electron chi connectivity index (χ3n) is 3.61. The molecule has 0 radical (unpaired) electrons. The van der Waals surface area contributed by atoms with Gasteiger partial charge in [0.1, 0.15) is 0 Å². The number of amides is 2. The summed E-state index contributed by atoms with van der Waals surface area (Å²) < 4.78 is 0. The second-order valence-corrected chi connectivity index (χ2v) is 5.59. The topological polar surface area (TPSA) is 89.9 Å². The van der Waals surface area contributed by atoms with E-state index in [-0.39, 0.29) is 25.1 Å². The SMILES string of the molecule is CCC(CCNC(=O)N(CCCO)C(C)C)CCC(=O)O. The molecule has 0 rings (SSSR count). The van der Waals surface area contributed by atoms with Crippen molar-refractivity contribution in [3.63, 3.8) is 0 Å². The summed E-state index contributed by atoms with van der Waals surface area (Å²) in [5, 5.41) is 20.4. The van der Waals surface area contributed by atoms with Crippen LogP contribution in [0.4, 0.5) is 4.79 Å². The van der Waals surface area contributed by atoms with Crippen molar-refractivity contribution in [1.82, 2.24) is 10.2 Å². The van der Waals surface area contributed by atoms with Crippen LogP contribution in [0.5, 0.6) is 0 Å². The first-order valence-corrected chi connectivity index (χ1v) is 7.79. The Labute approximate surface area is 127 Å². The van der Waals surface area contributed by atoms with Gasteiger partial charge >= 0.3 is 12.0 Å². The van der Waals surface area contributed by atoms with Crippen molar-refractivity contribution in [3.8, 4) is 0 Å². The number of carboxylic acid groups (broad SMARTS) is 1. The van der Waals surface area contributed by atoms with Gasteiger partial charge in [-0.15, -0.1) is 0 Å². The molecule has 6 heteroatoms. The summed E-state index contributed by atoms with van der Waals surface area (Å²) in [7, 11) is 0. The van der Waals surface area contributed by atoms with Crippen molar-refractivity contribution in [3.05, 3.63) is 0 Å². The van der Waals surface area contributed by atoms with Gasteiger partial charge in [0.2, 0.25) is 0 Å². The lowest BCUT2D eigenvalue weighted by atomic mass is 9.97. The van der Waals surface area contributed by atoms with Crippen molar-refractivity contribution >= 4 is 12.0 Å². The van der Waals surface area contributed by atoms with Gasteiger partial charge in [-0.2, -0.15) is 0 Å². The number of hydrogen-bond donors (Lipinski definition) is 3. The zero-order chi connectivity index (χ0) is 16.3. The van der Waals surface area contributed by atoms with Crippen molar-refractivity contribution in [2.24, 2.45) is 5.92 Å². The first-order chi connectivity index (χ1) is 9.92. The van der Waals surface area contributed by atoms with Crippen LogP contribution in [0.1, 0.15) is 52.9 Å². The molecule has 2 amide bonds. The Morgan fingerprint density at radius 1 is 1.24 bits per heavy atom. The maximum atomic E-state index is 12.1. The smallest absolute Gasteiger partial charge is 0.317 e. The van der Waals surface area contributed by atoms with Crippen molar-refractivity contribution in [1.29, 1.82) is 0 Å². The zero-order valence-electron chi connectivity index (χ0n) is 13.5. The largest absolute Gasteiger partial charge is 0.481 e. The molecule has 0 aromatic rings. The summed E-state index contributed by atoms with van der Waals surface area (Å²) in [5.41, 5.74) is 0. The molecule has 0 saturated carbocycles. The summed E-state index contributed by atoms with van der Waals surface area (Å²) in [6.45, 7) is 7.09. The molecule has 1 atom stereocenters. The van der Waals surface area contributed by atoms with Crippen LogP contribution in [0.3, 0.4) is 0 Å². The minimum atomic E-state index is -0.771. The molecule has 0 aromatic heterocycles. The van der Waals surface area contributed by atoms with Crippen LogP contribution in [-0.2, 0) is 4.79 Å². The van der Waals surface area contributed by atoms with Crippen LogP contribution in [0.15, 0.2) is 0 Å². The minimum Gasteiger partial charge on any atom is -0.481 e. The minimum absolute atomic E-state index is 0.0730. The molecule has 6 nitrogen and oxygen atoms in total. The molecule has 1 unspecified atom stereocenters. The van der Waals surface area contributed by atoms with Gasteiger partial charge in [-0.1, -0.05) is 13.3 Å². The average molecular weight is 302 g/mol. The quantitative estimate of drug-likeness (QED) is 0.545. The van der Waals surface area contributed by atoms with E-state index in [1.54, 1.807) is 4.90 Å². The van der Waals surface area contributed by atoms with Gasteiger partial charge in [0.25, 0.3) is 0 Å². The maximum Gasteiger partial charge on any atom is 0.317 e. The van der Waals surface area contributed by atoms with Gasteiger partial charge < -0.3 is 20.4 Å². The van der Waals surface area contributed by atoms with Gasteiger partial charge in [0.15, 0.2) is 0 Å². The second kappa shape index (κ2) is 11.4. The normalized spacial score (nSPS) is 12.2. The van der Waals surface area contributed by atoms with Gasteiger partial charge in [-0.3, -0.25) is 4.79 Å². The lowest BCUT2D eigenvalue weighted by Crippen LogP contribution is -2.45. The van der Waals surface area contributed by atoms with E-state index in [4.69, 9.17) is 10.2 Å². The maximum absolute atomic E-state index is 12.1. The Bertz CT molecular complexity index is 308. The van der Waals surface area contributed by atoms with Gasteiger partial charge in [-0.05, 0) is 39.0 Å². The number of rotatable bonds is 11. The number of carboxylic acids is 1. The van der Waals surface area contributed by atoms with E-state index in [9.17, 15) is 9.59 Å². The fourth-order valence-electron chi connectivity index (χ4n) is 2.20. The number of urea groups is 1. The molecular formula is C15H30N2O4. The summed E-state index contributed by atoms with van der Waals surface area (Å²) in [5.74, 6) is -0.446. The molecule has 0 aliphatic heterocycles. The highest BCUT2D eigenvalue weighted by atomic mass is 16.4. The van der Waals surface area contributed by atoms with E-state index in [0.29, 0.717) is 31.8 Å². The highest BCUT2D eigenvalue weighted by molar-refractivity contribution is 5.74. The van der Waals surface area contributed by atoms with Crippen LogP contribution in [-0.4, -0.2) is 52.9 Å². The molecule has 3 N–H and O–H groups in total. The van der Waals surface area contributed by atoms with Crippen LogP contribution in [0, 0.1) is 5.92 Å². The van der Waals surface area contributed by atoms with E-state index in [1.807, 2.05) is 20.8 Å². The summed E-state index contributed by atoms with van der Waals surface area (Å²) in [4.78, 5) is 24.3. The predicted molar refractivity (Wildman–Crippen MR) is 82.2 cm³/mol. The fourth-order valence-corrected chi connectivity index (χ4v) is 2.20. The van der Waals surface area contributed by atoms with Crippen LogP contribution in [0.25, 0.3) is 0 Å². The third kappa shape index (κ3) is 9.28. The Morgan fingerprint density at radius 3 is 2.38 bits per heavy atom. The number of hydrogen-bond acceptors (Lipinski definition) is 3. The lowest BCUT2D eigenvalue weighted by molar-refractivity contribution is -0.137. The van der Waals surface area contributed by atoms with Gasteiger partial charge in [-0.25, -0.2) is 4.79 Å². The summed E-state index contributed by atoms with van der Waals surface area (Å²) in [6.07, 6.45) is 3.12. The Kier molecular flexibility index (Phi) is 10.7. The first-order valence-electron chi connectivity index (χ1n) is 7.79. The molecule has 0 saturated heterocycles. The summed E-state index contributed by atoms with van der Waals surface area (Å²) >= 11 is 0. The molecule has 21 heavy (non-hydrogen) atoms. The Hall–Kier alpha value is -1.30. The van der Waals surface area contributed by atoms with Crippen LogP contribution in [0.2, 0.25) is 0 Å². The Morgan fingerprint density at radius 2 is 1.90 bits per heavy atom. The molecule has 0 spiro atoms. The number of nitrogens with one attached hydrogen (secondary N) is 1. The molecule has 0 aliphatic carbocycles. The number of nitrogens with zero attached hydrogens (tertiary/aromatic N) is 1. The zero-order valence-corrected chi connectivity index (χ0v) is 13.5. The standard InChI is InChI=1S/C15H30N2O4/c1-4-13(6-7-14(19)20)8-9-16-15(21)17(12(2)3)10-5-11-18/h12-13,18H,4-11H2,1-3H3,(H,16,21)(H,19,20). The van der Waals surface area contributed by atoms with Gasteiger partial charge in [0, 0.05) is 32.2 Å². The molecule has 0 heterocycles. The molecule has 0 aromatic carbocycles. The van der Waals surface area contributed by atoms with Crippen molar-refractivity contribution in [2.45, 2.75) is 58.9 Å². The fraction of sp³-hybridized carbons (Fsp3) is 0.867. The van der Waals surface area contributed by atoms with E-state index in [1.165, 1.54) is 0 Å². The number of aliphatic carboxylic acids is 1.